The van der Waals surface area contributed by atoms with E-state index < -0.39 is 0 Å². The summed E-state index contributed by atoms with van der Waals surface area (Å²) in [5, 5.41) is 8.17. The molecule has 1 aliphatic rings. The van der Waals surface area contributed by atoms with Gasteiger partial charge in [0.05, 0.1) is 11.4 Å². The van der Waals surface area contributed by atoms with Crippen molar-refractivity contribution >= 4 is 0 Å². The molecule has 1 N–H and O–H groups in total. The van der Waals surface area contributed by atoms with Crippen molar-refractivity contribution in [2.45, 2.75) is 58.7 Å². The van der Waals surface area contributed by atoms with Gasteiger partial charge in [0.2, 0.25) is 0 Å². The number of aromatic nitrogens is 2. The first-order valence-electron chi connectivity index (χ1n) is 7.42. The number of aryl methyl sites for hydroxylation is 2. The van der Waals surface area contributed by atoms with Gasteiger partial charge in [-0.3, -0.25) is 9.58 Å². The molecule has 0 aromatic carbocycles. The van der Waals surface area contributed by atoms with E-state index in [9.17, 15) is 0 Å². The second kappa shape index (κ2) is 5.63. The summed E-state index contributed by atoms with van der Waals surface area (Å²) < 4.78 is 2.02. The van der Waals surface area contributed by atoms with E-state index >= 15 is 0 Å². The van der Waals surface area contributed by atoms with Crippen molar-refractivity contribution in [1.82, 2.24) is 20.0 Å². The molecule has 1 saturated heterocycles. The maximum atomic E-state index is 4.46. The Bertz CT molecular complexity index is 426. The van der Waals surface area contributed by atoms with Gasteiger partial charge < -0.3 is 5.32 Å². The lowest BCUT2D eigenvalue weighted by Crippen LogP contribution is -2.49. The summed E-state index contributed by atoms with van der Waals surface area (Å²) in [5.41, 5.74) is 2.65. The van der Waals surface area contributed by atoms with Gasteiger partial charge in [0.1, 0.15) is 0 Å². The van der Waals surface area contributed by atoms with Crippen molar-refractivity contribution in [2.24, 2.45) is 7.05 Å². The Balaban J connectivity index is 2.14. The van der Waals surface area contributed by atoms with Crippen LogP contribution in [0.5, 0.6) is 0 Å². The van der Waals surface area contributed by atoms with Crippen LogP contribution in [0.4, 0.5) is 0 Å². The van der Waals surface area contributed by atoms with Crippen molar-refractivity contribution in [3.05, 3.63) is 17.5 Å². The van der Waals surface area contributed by atoms with E-state index in [1.807, 2.05) is 11.7 Å². The molecule has 0 radical (unpaired) electrons. The Kier molecular flexibility index (Phi) is 4.31. The second-order valence-electron chi connectivity index (χ2n) is 6.28. The molecule has 1 aliphatic heterocycles. The smallest absolute Gasteiger partial charge is 0.0597 e. The summed E-state index contributed by atoms with van der Waals surface area (Å²) in [6.07, 6.45) is 2.38. The van der Waals surface area contributed by atoms with Crippen LogP contribution in [0.3, 0.4) is 0 Å². The molecule has 1 aromatic rings. The number of nitrogens with zero attached hydrogens (tertiary/aromatic N) is 3. The molecule has 4 heteroatoms. The molecular weight excluding hydrogens is 236 g/mol. The third-order valence-corrected chi connectivity index (χ3v) is 4.53. The van der Waals surface area contributed by atoms with E-state index in [-0.39, 0.29) is 5.54 Å². The molecule has 2 atom stereocenters. The average Bonchev–Trinajstić information content (AvgIpc) is 2.58. The van der Waals surface area contributed by atoms with Crippen LogP contribution >= 0.6 is 0 Å². The maximum absolute atomic E-state index is 4.46. The Labute approximate surface area is 117 Å². The fourth-order valence-electron chi connectivity index (χ4n) is 2.89. The minimum atomic E-state index is 0.235. The lowest BCUT2D eigenvalue weighted by Gasteiger charge is -2.34. The second-order valence-corrected chi connectivity index (χ2v) is 6.28. The van der Waals surface area contributed by atoms with Crippen LogP contribution in [0, 0.1) is 6.92 Å². The zero-order valence-corrected chi connectivity index (χ0v) is 13.0. The molecule has 0 amide bonds. The van der Waals surface area contributed by atoms with Crippen LogP contribution in [-0.2, 0) is 13.6 Å². The molecule has 0 saturated carbocycles. The maximum Gasteiger partial charge on any atom is 0.0597 e. The predicted octanol–water partition coefficient (Wildman–Crippen LogP) is 2.08. The molecule has 108 valence electrons. The van der Waals surface area contributed by atoms with Gasteiger partial charge >= 0.3 is 0 Å². The van der Waals surface area contributed by atoms with Gasteiger partial charge in [-0.05, 0) is 46.2 Å². The molecule has 0 aliphatic carbocycles. The molecule has 4 nitrogen and oxygen atoms in total. The van der Waals surface area contributed by atoms with E-state index in [1.54, 1.807) is 0 Å². The first-order chi connectivity index (χ1) is 8.93. The van der Waals surface area contributed by atoms with Crippen molar-refractivity contribution in [3.63, 3.8) is 0 Å². The van der Waals surface area contributed by atoms with Gasteiger partial charge in [0.15, 0.2) is 0 Å². The summed E-state index contributed by atoms with van der Waals surface area (Å²) in [6, 6.07) is 2.82. The van der Waals surface area contributed by atoms with Crippen molar-refractivity contribution in [2.75, 3.05) is 13.1 Å². The highest BCUT2D eigenvalue weighted by atomic mass is 15.3. The molecule has 2 unspecified atom stereocenters. The van der Waals surface area contributed by atoms with Crippen LogP contribution in [0.15, 0.2) is 6.07 Å². The van der Waals surface area contributed by atoms with Gasteiger partial charge in [-0.15, -0.1) is 0 Å². The Morgan fingerprint density at radius 1 is 1.53 bits per heavy atom. The molecule has 1 aromatic heterocycles. The SMILES string of the molecule is CCC1(C)CN(Cc2cc(C)nn2C)C(C)CCN1. The highest BCUT2D eigenvalue weighted by Gasteiger charge is 2.30. The van der Waals surface area contributed by atoms with Gasteiger partial charge in [-0.2, -0.15) is 5.10 Å². The first kappa shape index (κ1) is 14.5. The van der Waals surface area contributed by atoms with Crippen LogP contribution in [0.1, 0.15) is 45.0 Å². The molecule has 0 bridgehead atoms. The van der Waals surface area contributed by atoms with Crippen LogP contribution in [-0.4, -0.2) is 39.4 Å². The number of hydrogen-bond acceptors (Lipinski definition) is 3. The highest BCUT2D eigenvalue weighted by molar-refractivity contribution is 5.09. The monoisotopic (exact) mass is 264 g/mol. The number of hydrogen-bond donors (Lipinski definition) is 1. The van der Waals surface area contributed by atoms with Crippen LogP contribution < -0.4 is 5.32 Å². The molecule has 1 fully saturated rings. The predicted molar refractivity (Wildman–Crippen MR) is 79.1 cm³/mol. The van der Waals surface area contributed by atoms with Gasteiger partial charge in [0, 0.05) is 31.7 Å². The lowest BCUT2D eigenvalue weighted by atomic mass is 9.98. The largest absolute Gasteiger partial charge is 0.310 e. The third kappa shape index (κ3) is 3.37. The summed E-state index contributed by atoms with van der Waals surface area (Å²) in [6.45, 7) is 12.2. The summed E-state index contributed by atoms with van der Waals surface area (Å²) in [7, 11) is 2.04. The summed E-state index contributed by atoms with van der Waals surface area (Å²) in [4.78, 5) is 2.60. The topological polar surface area (TPSA) is 33.1 Å². The zero-order chi connectivity index (χ0) is 14.0. The summed E-state index contributed by atoms with van der Waals surface area (Å²) >= 11 is 0. The Hall–Kier alpha value is -0.870. The van der Waals surface area contributed by atoms with E-state index in [0.717, 1.165) is 25.3 Å². The minimum absolute atomic E-state index is 0.235. The minimum Gasteiger partial charge on any atom is -0.310 e. The Morgan fingerprint density at radius 2 is 2.26 bits per heavy atom. The average molecular weight is 264 g/mol. The highest BCUT2D eigenvalue weighted by Crippen LogP contribution is 2.21. The zero-order valence-electron chi connectivity index (χ0n) is 13.0. The van der Waals surface area contributed by atoms with Crippen molar-refractivity contribution < 1.29 is 0 Å². The van der Waals surface area contributed by atoms with Crippen LogP contribution in [0.25, 0.3) is 0 Å². The fourth-order valence-corrected chi connectivity index (χ4v) is 2.89. The normalized spacial score (nSPS) is 29.4. The van der Waals surface area contributed by atoms with E-state index in [2.05, 4.69) is 49.1 Å². The Morgan fingerprint density at radius 3 is 2.84 bits per heavy atom. The standard InChI is InChI=1S/C15H28N4/c1-6-15(4)11-19(13(3)7-8-16-15)10-14-9-12(2)17-18(14)5/h9,13,16H,6-8,10-11H2,1-5H3. The fraction of sp³-hybridized carbons (Fsp3) is 0.800. The van der Waals surface area contributed by atoms with Gasteiger partial charge in [-0.1, -0.05) is 6.92 Å². The summed E-state index contributed by atoms with van der Waals surface area (Å²) in [5.74, 6) is 0. The van der Waals surface area contributed by atoms with E-state index in [0.29, 0.717) is 6.04 Å². The molecule has 2 heterocycles. The van der Waals surface area contributed by atoms with E-state index in [1.165, 1.54) is 18.5 Å². The van der Waals surface area contributed by atoms with Gasteiger partial charge in [0.25, 0.3) is 0 Å². The molecule has 19 heavy (non-hydrogen) atoms. The third-order valence-electron chi connectivity index (χ3n) is 4.53. The van der Waals surface area contributed by atoms with Gasteiger partial charge in [-0.25, -0.2) is 0 Å². The van der Waals surface area contributed by atoms with Crippen molar-refractivity contribution in [1.29, 1.82) is 0 Å². The number of rotatable bonds is 3. The quantitative estimate of drug-likeness (QED) is 0.907. The van der Waals surface area contributed by atoms with Crippen molar-refractivity contribution in [3.8, 4) is 0 Å². The first-order valence-corrected chi connectivity index (χ1v) is 7.42. The number of nitrogens with one attached hydrogen (secondary N) is 1. The van der Waals surface area contributed by atoms with E-state index in [4.69, 9.17) is 0 Å². The lowest BCUT2D eigenvalue weighted by molar-refractivity contribution is 0.160. The molecular formula is C15H28N4. The van der Waals surface area contributed by atoms with Crippen LogP contribution in [0.2, 0.25) is 0 Å². The molecule has 2 rings (SSSR count). The molecule has 0 spiro atoms.